The Labute approximate surface area is 170 Å². The van der Waals surface area contributed by atoms with E-state index in [1.165, 1.54) is 11.8 Å². The van der Waals surface area contributed by atoms with E-state index in [2.05, 4.69) is 16.1 Å². The Hall–Kier alpha value is -1.87. The second-order valence-electron chi connectivity index (χ2n) is 6.47. The molecule has 1 fully saturated rings. The standard InChI is InChI=1S/C18H20ClF3N4OS/c1-12-16(19)17(18(20,21)22)23-26(12)11-15(27)25-8-6-24(7-9-25)13-4-3-5-14(10-13)28-2/h3-5,10H,6-9,11H2,1-2H3. The van der Waals surface area contributed by atoms with Crippen molar-refractivity contribution in [3.05, 3.63) is 40.7 Å². The average Bonchev–Trinajstić information content (AvgIpc) is 2.97. The summed E-state index contributed by atoms with van der Waals surface area (Å²) >= 11 is 7.41. The van der Waals surface area contributed by atoms with Crippen molar-refractivity contribution in [2.45, 2.75) is 24.5 Å². The summed E-state index contributed by atoms with van der Waals surface area (Å²) in [5.74, 6) is -0.270. The van der Waals surface area contributed by atoms with E-state index in [-0.39, 0.29) is 18.1 Å². The summed E-state index contributed by atoms with van der Waals surface area (Å²) in [5, 5.41) is 3.04. The van der Waals surface area contributed by atoms with Gasteiger partial charge < -0.3 is 9.80 Å². The zero-order valence-corrected chi connectivity index (χ0v) is 17.0. The van der Waals surface area contributed by atoms with Crippen LogP contribution in [0.2, 0.25) is 5.02 Å². The minimum atomic E-state index is -4.65. The molecule has 10 heteroatoms. The van der Waals surface area contributed by atoms with Crippen LogP contribution in [0.4, 0.5) is 18.9 Å². The summed E-state index contributed by atoms with van der Waals surface area (Å²) in [5.41, 5.74) is 0.0799. The number of carbonyl (C=O) groups excluding carboxylic acids is 1. The predicted molar refractivity (Wildman–Crippen MR) is 104 cm³/mol. The largest absolute Gasteiger partial charge is 0.436 e. The summed E-state index contributed by atoms with van der Waals surface area (Å²) in [6.45, 7) is 3.50. The number of hydrogen-bond donors (Lipinski definition) is 0. The number of piperazine rings is 1. The van der Waals surface area contributed by atoms with E-state index in [1.807, 2.05) is 24.5 Å². The first kappa shape index (κ1) is 20.9. The third-order valence-electron chi connectivity index (χ3n) is 4.74. The number of thioether (sulfide) groups is 1. The highest BCUT2D eigenvalue weighted by Gasteiger charge is 2.38. The molecule has 28 heavy (non-hydrogen) atoms. The fourth-order valence-corrected chi connectivity index (χ4v) is 3.80. The van der Waals surface area contributed by atoms with E-state index >= 15 is 0 Å². The number of benzene rings is 1. The molecule has 152 valence electrons. The Bertz CT molecular complexity index is 863. The Morgan fingerprint density at radius 1 is 1.25 bits per heavy atom. The van der Waals surface area contributed by atoms with Crippen molar-refractivity contribution in [2.24, 2.45) is 0 Å². The van der Waals surface area contributed by atoms with Crippen molar-refractivity contribution in [1.29, 1.82) is 0 Å². The Morgan fingerprint density at radius 3 is 2.50 bits per heavy atom. The van der Waals surface area contributed by atoms with Crippen molar-refractivity contribution in [3.8, 4) is 0 Å². The third kappa shape index (κ3) is 4.41. The highest BCUT2D eigenvalue weighted by atomic mass is 35.5. The lowest BCUT2D eigenvalue weighted by molar-refractivity contribution is -0.142. The number of nitrogens with zero attached hydrogens (tertiary/aromatic N) is 4. The van der Waals surface area contributed by atoms with Gasteiger partial charge in [-0.2, -0.15) is 18.3 Å². The first-order valence-electron chi connectivity index (χ1n) is 8.67. The number of halogens is 4. The zero-order valence-electron chi connectivity index (χ0n) is 15.5. The van der Waals surface area contributed by atoms with Gasteiger partial charge in [-0.05, 0) is 31.4 Å². The van der Waals surface area contributed by atoms with Gasteiger partial charge in [-0.15, -0.1) is 11.8 Å². The number of rotatable bonds is 4. The molecule has 1 aromatic heterocycles. The quantitative estimate of drug-likeness (QED) is 0.686. The molecule has 0 radical (unpaired) electrons. The number of anilines is 1. The molecule has 0 spiro atoms. The van der Waals surface area contributed by atoms with Crippen molar-refractivity contribution in [1.82, 2.24) is 14.7 Å². The summed E-state index contributed by atoms with van der Waals surface area (Å²) in [6.07, 6.45) is -2.63. The molecule has 1 aliphatic heterocycles. The van der Waals surface area contributed by atoms with Crippen LogP contribution in [0.25, 0.3) is 0 Å². The van der Waals surface area contributed by atoms with E-state index in [0.717, 1.165) is 10.4 Å². The van der Waals surface area contributed by atoms with Crippen molar-refractivity contribution in [3.63, 3.8) is 0 Å². The average molecular weight is 433 g/mol. The highest BCUT2D eigenvalue weighted by molar-refractivity contribution is 7.98. The molecule has 0 N–H and O–H groups in total. The topological polar surface area (TPSA) is 41.4 Å². The van der Waals surface area contributed by atoms with E-state index in [9.17, 15) is 18.0 Å². The van der Waals surface area contributed by atoms with E-state index in [0.29, 0.717) is 26.2 Å². The van der Waals surface area contributed by atoms with Crippen molar-refractivity contribution < 1.29 is 18.0 Å². The maximum Gasteiger partial charge on any atom is 0.436 e. The summed E-state index contributed by atoms with van der Waals surface area (Å²) in [4.78, 5) is 17.6. The first-order valence-corrected chi connectivity index (χ1v) is 10.3. The number of aromatic nitrogens is 2. The van der Waals surface area contributed by atoms with Crippen LogP contribution in [0.15, 0.2) is 29.2 Å². The summed E-state index contributed by atoms with van der Waals surface area (Å²) in [6, 6.07) is 8.18. The fraction of sp³-hybridized carbons (Fsp3) is 0.444. The molecule has 5 nitrogen and oxygen atoms in total. The van der Waals surface area contributed by atoms with Crippen LogP contribution >= 0.6 is 23.4 Å². The SMILES string of the molecule is CSc1cccc(N2CCN(C(=O)Cn3nc(C(F)(F)F)c(Cl)c3C)CC2)c1. The first-order chi connectivity index (χ1) is 13.2. The summed E-state index contributed by atoms with van der Waals surface area (Å²) < 4.78 is 39.8. The summed E-state index contributed by atoms with van der Waals surface area (Å²) in [7, 11) is 0. The molecular formula is C18H20ClF3N4OS. The van der Waals surface area contributed by atoms with Crippen LogP contribution in [-0.4, -0.2) is 53.0 Å². The molecule has 0 bridgehead atoms. The monoisotopic (exact) mass is 432 g/mol. The number of amides is 1. The normalized spacial score (nSPS) is 15.2. The lowest BCUT2D eigenvalue weighted by Gasteiger charge is -2.36. The van der Waals surface area contributed by atoms with E-state index in [1.54, 1.807) is 16.7 Å². The second kappa shape index (κ2) is 8.24. The Kier molecular flexibility index (Phi) is 6.14. The van der Waals surface area contributed by atoms with Crippen LogP contribution in [-0.2, 0) is 17.5 Å². The minimum Gasteiger partial charge on any atom is -0.368 e. The van der Waals surface area contributed by atoms with Crippen LogP contribution in [0.5, 0.6) is 0 Å². The molecule has 0 aliphatic carbocycles. The molecule has 2 aromatic rings. The Balaban J connectivity index is 1.63. The van der Waals surface area contributed by atoms with Crippen LogP contribution in [0.3, 0.4) is 0 Å². The van der Waals surface area contributed by atoms with Gasteiger partial charge in [0.25, 0.3) is 0 Å². The highest BCUT2D eigenvalue weighted by Crippen LogP contribution is 2.35. The molecule has 0 atom stereocenters. The lowest BCUT2D eigenvalue weighted by Crippen LogP contribution is -2.49. The van der Waals surface area contributed by atoms with Gasteiger partial charge in [0.15, 0.2) is 5.69 Å². The van der Waals surface area contributed by atoms with Gasteiger partial charge >= 0.3 is 6.18 Å². The maximum absolute atomic E-state index is 12.9. The van der Waals surface area contributed by atoms with E-state index in [4.69, 9.17) is 11.6 Å². The molecule has 0 saturated carbocycles. The molecule has 0 unspecified atom stereocenters. The van der Waals surface area contributed by atoms with Crippen molar-refractivity contribution in [2.75, 3.05) is 37.3 Å². The predicted octanol–water partition coefficient (Wildman–Crippen LogP) is 3.93. The fourth-order valence-electron chi connectivity index (χ4n) is 3.11. The van der Waals surface area contributed by atoms with Crippen LogP contribution in [0, 0.1) is 6.92 Å². The van der Waals surface area contributed by atoms with Crippen LogP contribution < -0.4 is 4.90 Å². The molecule has 1 saturated heterocycles. The van der Waals surface area contributed by atoms with Crippen molar-refractivity contribution >= 4 is 35.0 Å². The van der Waals surface area contributed by atoms with Gasteiger partial charge in [0, 0.05) is 36.8 Å². The Morgan fingerprint density at radius 2 is 1.93 bits per heavy atom. The van der Waals surface area contributed by atoms with Gasteiger partial charge in [0.1, 0.15) is 6.54 Å². The number of alkyl halides is 3. The van der Waals surface area contributed by atoms with Crippen LogP contribution in [0.1, 0.15) is 11.4 Å². The molecular weight excluding hydrogens is 413 g/mol. The molecule has 1 aliphatic rings. The molecule has 2 heterocycles. The zero-order chi connectivity index (χ0) is 20.5. The van der Waals surface area contributed by atoms with Gasteiger partial charge in [-0.3, -0.25) is 9.48 Å². The number of hydrogen-bond acceptors (Lipinski definition) is 4. The number of carbonyl (C=O) groups is 1. The van der Waals surface area contributed by atoms with Gasteiger partial charge in [0.2, 0.25) is 5.91 Å². The molecule has 3 rings (SSSR count). The molecule has 1 aromatic carbocycles. The second-order valence-corrected chi connectivity index (χ2v) is 7.73. The van der Waals surface area contributed by atoms with Gasteiger partial charge in [-0.25, -0.2) is 0 Å². The third-order valence-corrected chi connectivity index (χ3v) is 5.92. The smallest absolute Gasteiger partial charge is 0.368 e. The lowest BCUT2D eigenvalue weighted by atomic mass is 10.2. The van der Waals surface area contributed by atoms with Gasteiger partial charge in [-0.1, -0.05) is 17.7 Å². The van der Waals surface area contributed by atoms with Gasteiger partial charge in [0.05, 0.1) is 10.7 Å². The molecule has 1 amide bonds. The van der Waals surface area contributed by atoms with E-state index < -0.39 is 16.9 Å². The minimum absolute atomic E-state index is 0.134. The maximum atomic E-state index is 12.9.